The number of nitrogens with two attached hydrogens (primary N) is 1. The minimum Gasteiger partial charge on any atom is -0.338 e. The molecule has 0 aliphatic carbocycles. The Morgan fingerprint density at radius 1 is 1.28 bits per heavy atom. The summed E-state index contributed by atoms with van der Waals surface area (Å²) in [5.41, 5.74) is 3.39. The highest BCUT2D eigenvalue weighted by Gasteiger charge is 2.09. The Balaban J connectivity index is 2.34. The fourth-order valence-corrected chi connectivity index (χ4v) is 2.70. The van der Waals surface area contributed by atoms with Crippen LogP contribution in [0.1, 0.15) is 0 Å². The lowest BCUT2D eigenvalue weighted by Crippen LogP contribution is -2.10. The van der Waals surface area contributed by atoms with E-state index in [0.29, 0.717) is 21.1 Å². The van der Waals surface area contributed by atoms with Crippen LogP contribution in [0.3, 0.4) is 0 Å². The van der Waals surface area contributed by atoms with Gasteiger partial charge in [-0.15, -0.1) is 0 Å². The maximum Gasteiger partial charge on any atom is 0.159 e. The van der Waals surface area contributed by atoms with Gasteiger partial charge in [0.1, 0.15) is 16.6 Å². The second-order valence-corrected chi connectivity index (χ2v) is 5.67. The lowest BCUT2D eigenvalue weighted by Gasteiger charge is -2.11. The summed E-state index contributed by atoms with van der Waals surface area (Å²) in [6.07, 6.45) is 1.42. The fraction of sp³-hybridized carbons (Fsp3) is 0. The second-order valence-electron chi connectivity index (χ2n) is 3.28. The maximum atomic E-state index is 5.90. The van der Waals surface area contributed by atoms with Gasteiger partial charge in [-0.1, -0.05) is 11.6 Å². The number of benzene rings is 1. The van der Waals surface area contributed by atoms with Gasteiger partial charge in [0.2, 0.25) is 0 Å². The molecule has 0 atom stereocenters. The van der Waals surface area contributed by atoms with E-state index in [9.17, 15) is 0 Å². The molecule has 1 aromatic heterocycles. The van der Waals surface area contributed by atoms with Crippen LogP contribution in [0.25, 0.3) is 0 Å². The van der Waals surface area contributed by atoms with Gasteiger partial charge in [-0.2, -0.15) is 0 Å². The molecule has 0 amide bonds. The lowest BCUT2D eigenvalue weighted by molar-refractivity contribution is 1.12. The molecule has 0 saturated heterocycles. The SMILES string of the molecule is NNc1ncnc(Nc2ccc(Cl)cc2I)c1Br. The van der Waals surface area contributed by atoms with Gasteiger partial charge in [-0.3, -0.25) is 0 Å². The average molecular weight is 440 g/mol. The number of aromatic nitrogens is 2. The predicted molar refractivity (Wildman–Crippen MR) is 85.0 cm³/mol. The van der Waals surface area contributed by atoms with Crippen molar-refractivity contribution < 1.29 is 0 Å². The Morgan fingerprint density at radius 2 is 2.00 bits per heavy atom. The number of hydrogen-bond donors (Lipinski definition) is 3. The number of hydrogen-bond acceptors (Lipinski definition) is 5. The van der Waals surface area contributed by atoms with E-state index in [4.69, 9.17) is 17.4 Å². The van der Waals surface area contributed by atoms with Gasteiger partial charge >= 0.3 is 0 Å². The molecule has 8 heteroatoms. The van der Waals surface area contributed by atoms with Crippen LogP contribution in [0.2, 0.25) is 5.02 Å². The van der Waals surface area contributed by atoms with Crippen molar-refractivity contribution in [3.05, 3.63) is 37.6 Å². The molecular formula is C10H8BrClIN5. The van der Waals surface area contributed by atoms with E-state index < -0.39 is 0 Å². The predicted octanol–water partition coefficient (Wildman–Crippen LogP) is 3.53. The number of halogens is 3. The summed E-state index contributed by atoms with van der Waals surface area (Å²) in [4.78, 5) is 8.12. The highest BCUT2D eigenvalue weighted by Crippen LogP contribution is 2.30. The van der Waals surface area contributed by atoms with Crippen LogP contribution in [-0.4, -0.2) is 9.97 Å². The Hall–Kier alpha value is -0.640. The molecule has 2 aromatic rings. The van der Waals surface area contributed by atoms with E-state index in [1.54, 1.807) is 0 Å². The van der Waals surface area contributed by atoms with Crippen LogP contribution >= 0.6 is 50.1 Å². The first-order chi connectivity index (χ1) is 8.61. The number of nitrogens with zero attached hydrogens (tertiary/aromatic N) is 2. The molecule has 0 radical (unpaired) electrons. The normalized spacial score (nSPS) is 10.2. The first-order valence-corrected chi connectivity index (χ1v) is 7.06. The van der Waals surface area contributed by atoms with E-state index in [1.165, 1.54) is 6.33 Å². The van der Waals surface area contributed by atoms with Gasteiger partial charge in [0.15, 0.2) is 5.82 Å². The monoisotopic (exact) mass is 439 g/mol. The number of rotatable bonds is 3. The zero-order valence-electron chi connectivity index (χ0n) is 8.92. The molecular weight excluding hydrogens is 432 g/mol. The molecule has 0 aliphatic rings. The second kappa shape index (κ2) is 6.00. The van der Waals surface area contributed by atoms with E-state index in [2.05, 4.69) is 59.2 Å². The smallest absolute Gasteiger partial charge is 0.159 e. The van der Waals surface area contributed by atoms with Crippen molar-refractivity contribution in [2.24, 2.45) is 5.84 Å². The molecule has 4 N–H and O–H groups in total. The Bertz CT molecular complexity index is 580. The number of nitrogens with one attached hydrogen (secondary N) is 2. The van der Waals surface area contributed by atoms with Gasteiger partial charge in [0.05, 0.1) is 5.69 Å². The van der Waals surface area contributed by atoms with Crippen molar-refractivity contribution in [3.8, 4) is 0 Å². The topological polar surface area (TPSA) is 75.9 Å². The van der Waals surface area contributed by atoms with E-state index in [0.717, 1.165) is 9.26 Å². The molecule has 0 saturated carbocycles. The van der Waals surface area contributed by atoms with Gasteiger partial charge < -0.3 is 10.7 Å². The molecule has 0 fully saturated rings. The van der Waals surface area contributed by atoms with Crippen LogP contribution in [0.4, 0.5) is 17.3 Å². The number of nitrogen functional groups attached to an aromatic ring is 1. The lowest BCUT2D eigenvalue weighted by atomic mass is 10.3. The van der Waals surface area contributed by atoms with E-state index >= 15 is 0 Å². The number of anilines is 3. The van der Waals surface area contributed by atoms with E-state index in [-0.39, 0.29) is 0 Å². The van der Waals surface area contributed by atoms with E-state index in [1.807, 2.05) is 18.2 Å². The van der Waals surface area contributed by atoms with Crippen molar-refractivity contribution in [2.75, 3.05) is 10.7 Å². The molecule has 5 nitrogen and oxygen atoms in total. The van der Waals surface area contributed by atoms with Gasteiger partial charge in [0.25, 0.3) is 0 Å². The highest BCUT2D eigenvalue weighted by molar-refractivity contribution is 14.1. The largest absolute Gasteiger partial charge is 0.338 e. The van der Waals surface area contributed by atoms with Gasteiger partial charge in [0, 0.05) is 8.59 Å². The Labute approximate surface area is 131 Å². The zero-order valence-corrected chi connectivity index (χ0v) is 13.4. The first-order valence-electron chi connectivity index (χ1n) is 4.81. The standard InChI is InChI=1S/C10H8BrClIN5/c11-8-9(15-4-16-10(8)18-14)17-7-2-1-5(12)3-6(7)13/h1-4H,14H2,(H2,15,16,17,18). The summed E-state index contributed by atoms with van der Waals surface area (Å²) in [5, 5.41) is 3.87. The molecule has 18 heavy (non-hydrogen) atoms. The van der Waals surface area contributed by atoms with Crippen LogP contribution in [0.5, 0.6) is 0 Å². The molecule has 0 unspecified atom stereocenters. The van der Waals surface area contributed by atoms with Crippen LogP contribution in [0, 0.1) is 3.57 Å². The minimum absolute atomic E-state index is 0.511. The van der Waals surface area contributed by atoms with Crippen molar-refractivity contribution in [3.63, 3.8) is 0 Å². The summed E-state index contributed by atoms with van der Waals surface area (Å²) in [6.45, 7) is 0. The van der Waals surface area contributed by atoms with Gasteiger partial charge in [-0.25, -0.2) is 15.8 Å². The molecule has 0 bridgehead atoms. The fourth-order valence-electron chi connectivity index (χ4n) is 1.28. The third kappa shape index (κ3) is 3.02. The molecule has 1 aromatic carbocycles. The van der Waals surface area contributed by atoms with Crippen molar-refractivity contribution >= 4 is 67.4 Å². The summed E-state index contributed by atoms with van der Waals surface area (Å²) in [5.74, 6) is 6.48. The molecule has 2 rings (SSSR count). The number of hydrazine groups is 1. The third-order valence-electron chi connectivity index (χ3n) is 2.11. The van der Waals surface area contributed by atoms with Gasteiger partial charge in [-0.05, 0) is 56.7 Å². The van der Waals surface area contributed by atoms with Crippen molar-refractivity contribution in [2.45, 2.75) is 0 Å². The third-order valence-corrected chi connectivity index (χ3v) is 3.99. The van der Waals surface area contributed by atoms with Crippen molar-refractivity contribution in [1.82, 2.24) is 9.97 Å². The van der Waals surface area contributed by atoms with Crippen LogP contribution in [0.15, 0.2) is 29.0 Å². The van der Waals surface area contributed by atoms with Crippen LogP contribution in [-0.2, 0) is 0 Å². The van der Waals surface area contributed by atoms with Crippen LogP contribution < -0.4 is 16.6 Å². The molecule has 1 heterocycles. The summed E-state index contributed by atoms with van der Waals surface area (Å²) in [7, 11) is 0. The summed E-state index contributed by atoms with van der Waals surface area (Å²) >= 11 is 11.5. The first kappa shape index (κ1) is 13.8. The van der Waals surface area contributed by atoms with Crippen molar-refractivity contribution in [1.29, 1.82) is 0 Å². The molecule has 0 spiro atoms. The quantitative estimate of drug-likeness (QED) is 0.387. The maximum absolute atomic E-state index is 5.90. The minimum atomic E-state index is 0.511. The molecule has 94 valence electrons. The zero-order chi connectivity index (χ0) is 13.1. The summed E-state index contributed by atoms with van der Waals surface area (Å²) < 4.78 is 1.66. The Kier molecular flexibility index (Phi) is 4.60. The molecule has 0 aliphatic heterocycles. The average Bonchev–Trinajstić information content (AvgIpc) is 2.35. The Morgan fingerprint density at radius 3 is 2.67 bits per heavy atom. The highest BCUT2D eigenvalue weighted by atomic mass is 127. The summed E-state index contributed by atoms with van der Waals surface area (Å²) in [6, 6.07) is 5.55.